The standard InChI is InChI=1S/C15H10ClNO2/c16-14-13(15(18)19)11-8-4-5-9-12(11)17(14)10-6-2-1-3-7-10/h1-9H,(H,18,19). The highest BCUT2D eigenvalue weighted by atomic mass is 35.5. The van der Waals surface area contributed by atoms with Crippen LogP contribution in [0.1, 0.15) is 10.4 Å². The highest BCUT2D eigenvalue weighted by molar-refractivity contribution is 6.35. The monoisotopic (exact) mass is 271 g/mol. The van der Waals surface area contributed by atoms with E-state index in [4.69, 9.17) is 11.6 Å². The molecular weight excluding hydrogens is 262 g/mol. The van der Waals surface area contributed by atoms with E-state index >= 15 is 0 Å². The second-order valence-electron chi connectivity index (χ2n) is 4.16. The summed E-state index contributed by atoms with van der Waals surface area (Å²) in [5, 5.41) is 10.2. The zero-order valence-corrected chi connectivity index (χ0v) is 10.6. The summed E-state index contributed by atoms with van der Waals surface area (Å²) in [6.07, 6.45) is 0. The van der Waals surface area contributed by atoms with Crippen LogP contribution in [0, 0.1) is 0 Å². The summed E-state index contributed by atoms with van der Waals surface area (Å²) in [6.45, 7) is 0. The summed E-state index contributed by atoms with van der Waals surface area (Å²) in [5.74, 6) is -1.02. The molecular formula is C15H10ClNO2. The Labute approximate surface area is 114 Å². The summed E-state index contributed by atoms with van der Waals surface area (Å²) in [5.41, 5.74) is 1.77. The van der Waals surface area contributed by atoms with Gasteiger partial charge in [-0.15, -0.1) is 0 Å². The molecule has 0 unspecified atom stereocenters. The van der Waals surface area contributed by atoms with Crippen LogP contribution >= 0.6 is 11.6 Å². The quantitative estimate of drug-likeness (QED) is 0.766. The maximum absolute atomic E-state index is 11.4. The van der Waals surface area contributed by atoms with E-state index in [0.29, 0.717) is 5.39 Å². The van der Waals surface area contributed by atoms with E-state index in [0.717, 1.165) is 11.2 Å². The number of rotatable bonds is 2. The Bertz CT molecular complexity index is 762. The average molecular weight is 272 g/mol. The molecule has 0 radical (unpaired) electrons. The van der Waals surface area contributed by atoms with Crippen molar-refractivity contribution in [3.63, 3.8) is 0 Å². The molecule has 19 heavy (non-hydrogen) atoms. The number of hydrogen-bond donors (Lipinski definition) is 1. The molecule has 0 atom stereocenters. The Morgan fingerprint density at radius 2 is 1.63 bits per heavy atom. The van der Waals surface area contributed by atoms with Crippen LogP contribution in [0.2, 0.25) is 5.15 Å². The van der Waals surface area contributed by atoms with E-state index in [1.165, 1.54) is 0 Å². The van der Waals surface area contributed by atoms with Crippen LogP contribution in [-0.2, 0) is 0 Å². The van der Waals surface area contributed by atoms with Crippen molar-refractivity contribution in [3.05, 3.63) is 65.3 Å². The van der Waals surface area contributed by atoms with Crippen molar-refractivity contribution >= 4 is 28.5 Å². The fourth-order valence-corrected chi connectivity index (χ4v) is 2.61. The number of para-hydroxylation sites is 2. The molecule has 0 aliphatic rings. The fourth-order valence-electron chi connectivity index (χ4n) is 2.24. The number of aromatic carboxylic acids is 1. The van der Waals surface area contributed by atoms with Gasteiger partial charge in [0.25, 0.3) is 0 Å². The van der Waals surface area contributed by atoms with Gasteiger partial charge in [-0.05, 0) is 18.2 Å². The van der Waals surface area contributed by atoms with Gasteiger partial charge in [0, 0.05) is 11.1 Å². The van der Waals surface area contributed by atoms with E-state index in [9.17, 15) is 9.90 Å². The lowest BCUT2D eigenvalue weighted by Crippen LogP contribution is -1.98. The van der Waals surface area contributed by atoms with Gasteiger partial charge in [-0.1, -0.05) is 48.0 Å². The zero-order valence-electron chi connectivity index (χ0n) is 9.88. The Morgan fingerprint density at radius 1 is 1.00 bits per heavy atom. The summed E-state index contributed by atoms with van der Waals surface area (Å²) in [6, 6.07) is 16.8. The molecule has 0 saturated carbocycles. The van der Waals surface area contributed by atoms with Crippen LogP contribution in [-0.4, -0.2) is 15.6 Å². The number of carboxylic acids is 1. The lowest BCUT2D eigenvalue weighted by molar-refractivity contribution is 0.0699. The van der Waals surface area contributed by atoms with Crippen LogP contribution in [0.15, 0.2) is 54.6 Å². The first kappa shape index (κ1) is 11.8. The molecule has 3 aromatic rings. The van der Waals surface area contributed by atoms with Crippen LogP contribution in [0.25, 0.3) is 16.6 Å². The van der Waals surface area contributed by atoms with Crippen molar-refractivity contribution in [1.82, 2.24) is 4.57 Å². The zero-order chi connectivity index (χ0) is 13.4. The van der Waals surface area contributed by atoms with Gasteiger partial charge in [-0.25, -0.2) is 4.79 Å². The third kappa shape index (κ3) is 1.79. The van der Waals surface area contributed by atoms with Crippen molar-refractivity contribution in [2.45, 2.75) is 0 Å². The molecule has 2 aromatic carbocycles. The Hall–Kier alpha value is -2.26. The summed E-state index contributed by atoms with van der Waals surface area (Å²) >= 11 is 6.26. The minimum Gasteiger partial charge on any atom is -0.478 e. The summed E-state index contributed by atoms with van der Waals surface area (Å²) in [7, 11) is 0. The second kappa shape index (κ2) is 4.44. The van der Waals surface area contributed by atoms with Crippen LogP contribution in [0.5, 0.6) is 0 Å². The van der Waals surface area contributed by atoms with E-state index < -0.39 is 5.97 Å². The highest BCUT2D eigenvalue weighted by Gasteiger charge is 2.21. The van der Waals surface area contributed by atoms with Gasteiger partial charge in [-0.2, -0.15) is 0 Å². The Morgan fingerprint density at radius 3 is 2.32 bits per heavy atom. The molecule has 1 N–H and O–H groups in total. The molecule has 0 saturated heterocycles. The first-order valence-electron chi connectivity index (χ1n) is 5.78. The number of fused-ring (bicyclic) bond motifs is 1. The van der Waals surface area contributed by atoms with E-state index in [1.54, 1.807) is 16.7 Å². The van der Waals surface area contributed by atoms with Gasteiger partial charge < -0.3 is 5.11 Å². The van der Waals surface area contributed by atoms with Crippen LogP contribution in [0.3, 0.4) is 0 Å². The highest BCUT2D eigenvalue weighted by Crippen LogP contribution is 2.32. The van der Waals surface area contributed by atoms with Crippen LogP contribution < -0.4 is 0 Å². The normalized spacial score (nSPS) is 10.8. The van der Waals surface area contributed by atoms with Gasteiger partial charge in [0.15, 0.2) is 0 Å². The Kier molecular flexibility index (Phi) is 2.76. The lowest BCUT2D eigenvalue weighted by atomic mass is 10.2. The molecule has 1 heterocycles. The SMILES string of the molecule is O=C(O)c1c(Cl)n(-c2ccccc2)c2ccccc12. The number of carbonyl (C=O) groups is 1. The van der Waals surface area contributed by atoms with E-state index in [1.807, 2.05) is 42.5 Å². The first-order chi connectivity index (χ1) is 9.20. The molecule has 0 aliphatic carbocycles. The maximum atomic E-state index is 11.4. The fraction of sp³-hybridized carbons (Fsp3) is 0. The van der Waals surface area contributed by atoms with Gasteiger partial charge in [0.1, 0.15) is 10.7 Å². The van der Waals surface area contributed by atoms with Gasteiger partial charge in [0.05, 0.1) is 5.52 Å². The second-order valence-corrected chi connectivity index (χ2v) is 4.52. The van der Waals surface area contributed by atoms with Gasteiger partial charge in [-0.3, -0.25) is 4.57 Å². The first-order valence-corrected chi connectivity index (χ1v) is 6.15. The van der Waals surface area contributed by atoms with Crippen LogP contribution in [0.4, 0.5) is 0 Å². The Balaban J connectivity index is 2.43. The molecule has 4 heteroatoms. The molecule has 3 rings (SSSR count). The average Bonchev–Trinajstić information content (AvgIpc) is 2.71. The molecule has 0 fully saturated rings. The number of halogens is 1. The maximum Gasteiger partial charge on any atom is 0.339 e. The minimum absolute atomic E-state index is 0.140. The number of hydrogen-bond acceptors (Lipinski definition) is 1. The predicted octanol–water partition coefficient (Wildman–Crippen LogP) is 3.98. The summed E-state index contributed by atoms with van der Waals surface area (Å²) in [4.78, 5) is 11.4. The third-order valence-electron chi connectivity index (χ3n) is 3.05. The molecule has 0 amide bonds. The summed E-state index contributed by atoms with van der Waals surface area (Å²) < 4.78 is 1.75. The van der Waals surface area contributed by atoms with Gasteiger partial charge in [0.2, 0.25) is 0 Å². The van der Waals surface area contributed by atoms with Crippen molar-refractivity contribution < 1.29 is 9.90 Å². The predicted molar refractivity (Wildman–Crippen MR) is 75.2 cm³/mol. The van der Waals surface area contributed by atoms with Crippen molar-refractivity contribution in [2.75, 3.05) is 0 Å². The number of benzene rings is 2. The van der Waals surface area contributed by atoms with Gasteiger partial charge >= 0.3 is 5.97 Å². The van der Waals surface area contributed by atoms with E-state index in [2.05, 4.69) is 0 Å². The van der Waals surface area contributed by atoms with Crippen molar-refractivity contribution in [3.8, 4) is 5.69 Å². The number of aromatic nitrogens is 1. The minimum atomic E-state index is -1.02. The lowest BCUT2D eigenvalue weighted by Gasteiger charge is -2.06. The molecule has 0 bridgehead atoms. The topological polar surface area (TPSA) is 42.2 Å². The number of carboxylic acid groups (broad SMARTS) is 1. The largest absolute Gasteiger partial charge is 0.478 e. The third-order valence-corrected chi connectivity index (χ3v) is 3.40. The van der Waals surface area contributed by atoms with Crippen molar-refractivity contribution in [2.24, 2.45) is 0 Å². The molecule has 94 valence electrons. The van der Waals surface area contributed by atoms with Crippen molar-refractivity contribution in [1.29, 1.82) is 0 Å². The number of nitrogens with zero attached hydrogens (tertiary/aromatic N) is 1. The van der Waals surface area contributed by atoms with E-state index in [-0.39, 0.29) is 10.7 Å². The smallest absolute Gasteiger partial charge is 0.339 e. The molecule has 3 nitrogen and oxygen atoms in total. The molecule has 0 spiro atoms. The molecule has 1 aromatic heterocycles. The molecule has 0 aliphatic heterocycles.